The van der Waals surface area contributed by atoms with Crippen LogP contribution in [0.15, 0.2) is 54.6 Å². The Hall–Kier alpha value is -4.49. The van der Waals surface area contributed by atoms with Crippen molar-refractivity contribution in [2.75, 3.05) is 40.2 Å². The summed E-state index contributed by atoms with van der Waals surface area (Å²) in [5.41, 5.74) is 2.08. The molecule has 1 aliphatic heterocycles. The van der Waals surface area contributed by atoms with Crippen molar-refractivity contribution < 1.29 is 38.6 Å². The van der Waals surface area contributed by atoms with Crippen LogP contribution in [0.4, 0.5) is 5.69 Å². The minimum Gasteiger partial charge on any atom is -0.480 e. The summed E-state index contributed by atoms with van der Waals surface area (Å²) >= 11 is 0. The Bertz CT molecular complexity index is 1540. The van der Waals surface area contributed by atoms with Gasteiger partial charge in [-0.1, -0.05) is 71.4 Å². The zero-order valence-corrected chi connectivity index (χ0v) is 33.3. The number of methoxy groups -OCH3 is 2. The van der Waals surface area contributed by atoms with Gasteiger partial charge in [-0.05, 0) is 54.5 Å². The smallest absolute Gasteiger partial charge is 0.326 e. The van der Waals surface area contributed by atoms with E-state index in [2.05, 4.69) is 16.0 Å². The van der Waals surface area contributed by atoms with E-state index >= 15 is 0 Å². The molecule has 4 N–H and O–H groups in total. The van der Waals surface area contributed by atoms with Crippen molar-refractivity contribution in [3.63, 3.8) is 0 Å². The van der Waals surface area contributed by atoms with Crippen LogP contribution in [0.3, 0.4) is 0 Å². The maximum absolute atomic E-state index is 14.2. The summed E-state index contributed by atoms with van der Waals surface area (Å²) in [7, 11) is 6.51. The number of carbonyl (C=O) groups excluding carboxylic acids is 4. The molecule has 4 amide bonds. The molecule has 54 heavy (non-hydrogen) atoms. The van der Waals surface area contributed by atoms with E-state index < -0.39 is 54.2 Å². The van der Waals surface area contributed by atoms with Crippen molar-refractivity contribution in [1.82, 2.24) is 20.4 Å². The third-order valence-electron chi connectivity index (χ3n) is 10.8. The first-order chi connectivity index (χ1) is 25.7. The number of benzene rings is 2. The lowest BCUT2D eigenvalue weighted by atomic mass is 9.89. The minimum absolute atomic E-state index is 0.0225. The van der Waals surface area contributed by atoms with Crippen LogP contribution in [-0.2, 0) is 35.1 Å². The molecule has 3 rings (SSSR count). The molecule has 0 unspecified atom stereocenters. The summed E-state index contributed by atoms with van der Waals surface area (Å²) in [4.78, 5) is 70.5. The van der Waals surface area contributed by atoms with Gasteiger partial charge in [0.15, 0.2) is 0 Å². The van der Waals surface area contributed by atoms with Crippen molar-refractivity contribution in [2.24, 2.45) is 17.8 Å². The molecule has 0 aromatic heterocycles. The first-order valence-electron chi connectivity index (χ1n) is 19.0. The Labute approximate surface area is 320 Å². The van der Waals surface area contributed by atoms with Gasteiger partial charge in [0, 0.05) is 52.5 Å². The molecule has 1 heterocycles. The van der Waals surface area contributed by atoms with E-state index in [9.17, 15) is 29.1 Å². The molecule has 1 fully saturated rings. The van der Waals surface area contributed by atoms with E-state index in [1.54, 1.807) is 55.1 Å². The topological polar surface area (TPSA) is 167 Å². The summed E-state index contributed by atoms with van der Waals surface area (Å²) in [6.45, 7) is 9.93. The van der Waals surface area contributed by atoms with Gasteiger partial charge in [-0.2, -0.15) is 0 Å². The first kappa shape index (κ1) is 43.9. The lowest BCUT2D eigenvalue weighted by Crippen LogP contribution is -2.57. The number of ether oxygens (including phenoxy) is 2. The number of hydrogen-bond donors (Lipinski definition) is 4. The number of hydrogen-bond acceptors (Lipinski definition) is 8. The van der Waals surface area contributed by atoms with Crippen LogP contribution < -0.4 is 16.0 Å². The van der Waals surface area contributed by atoms with Crippen LogP contribution in [0.5, 0.6) is 0 Å². The summed E-state index contributed by atoms with van der Waals surface area (Å²) in [6, 6.07) is 13.2. The normalized spacial score (nSPS) is 18.1. The Morgan fingerprint density at radius 2 is 1.59 bits per heavy atom. The molecular formula is C41H61N5O8. The number of rotatable bonds is 20. The molecule has 298 valence electrons. The molecule has 0 spiro atoms. The number of likely N-dealkylation sites (tertiary alicyclic amines) is 1. The summed E-state index contributed by atoms with van der Waals surface area (Å²) in [6.07, 6.45) is 0.757. The predicted octanol–water partition coefficient (Wildman–Crippen LogP) is 4.22. The second-order valence-corrected chi connectivity index (χ2v) is 14.7. The molecule has 2 aromatic carbocycles. The fourth-order valence-electron chi connectivity index (χ4n) is 7.40. The van der Waals surface area contributed by atoms with Crippen LogP contribution >= 0.6 is 0 Å². The van der Waals surface area contributed by atoms with Crippen LogP contribution in [0.25, 0.3) is 0 Å². The van der Waals surface area contributed by atoms with Crippen molar-refractivity contribution >= 4 is 35.3 Å². The summed E-state index contributed by atoms with van der Waals surface area (Å²) < 4.78 is 11.8. The number of amides is 4. The van der Waals surface area contributed by atoms with Gasteiger partial charge in [0.1, 0.15) is 12.1 Å². The van der Waals surface area contributed by atoms with Gasteiger partial charge in [0.2, 0.25) is 17.7 Å². The second-order valence-electron chi connectivity index (χ2n) is 14.7. The number of anilines is 1. The molecule has 0 saturated carbocycles. The summed E-state index contributed by atoms with van der Waals surface area (Å²) in [5.74, 6) is -3.49. The van der Waals surface area contributed by atoms with E-state index in [-0.39, 0.29) is 42.4 Å². The highest BCUT2D eigenvalue weighted by atomic mass is 16.5. The molecule has 13 heteroatoms. The van der Waals surface area contributed by atoms with Crippen molar-refractivity contribution in [1.29, 1.82) is 0 Å². The average Bonchev–Trinajstić information content (AvgIpc) is 3.66. The van der Waals surface area contributed by atoms with Gasteiger partial charge >= 0.3 is 5.97 Å². The van der Waals surface area contributed by atoms with Crippen LogP contribution in [0, 0.1) is 17.8 Å². The number of nitrogens with one attached hydrogen (secondary N) is 3. The van der Waals surface area contributed by atoms with Crippen molar-refractivity contribution in [2.45, 2.75) is 103 Å². The lowest BCUT2D eigenvalue weighted by molar-refractivity contribution is -0.147. The zero-order chi connectivity index (χ0) is 40.1. The highest BCUT2D eigenvalue weighted by molar-refractivity contribution is 5.98. The van der Waals surface area contributed by atoms with Gasteiger partial charge < -0.3 is 40.3 Å². The fraction of sp³-hybridized carbons (Fsp3) is 0.585. The molecule has 8 atom stereocenters. The second kappa shape index (κ2) is 20.8. The van der Waals surface area contributed by atoms with Gasteiger partial charge in [-0.15, -0.1) is 0 Å². The highest BCUT2D eigenvalue weighted by Crippen LogP contribution is 2.30. The molecule has 0 aliphatic carbocycles. The van der Waals surface area contributed by atoms with E-state index in [4.69, 9.17) is 9.47 Å². The predicted molar refractivity (Wildman–Crippen MR) is 208 cm³/mol. The van der Waals surface area contributed by atoms with Gasteiger partial charge in [0.25, 0.3) is 5.91 Å². The fourth-order valence-corrected chi connectivity index (χ4v) is 7.40. The number of carboxylic acid groups (broad SMARTS) is 1. The quantitative estimate of drug-likeness (QED) is 0.155. The molecule has 1 saturated heterocycles. The Balaban J connectivity index is 1.76. The SMILES string of the molecule is CC[C@H](C)[C@@H]([C@@H](CC(=O)N1CCC[C@H]1[C@H](OC)[C@@H](C)C(=O)N[C@@H](Cc1ccccc1)C(=O)O)OC)N(C)C(=O)[C@@H](NC(=O)c1ccc(NC)cc1)C(C)C. The monoisotopic (exact) mass is 751 g/mol. The molecule has 13 nitrogen and oxygen atoms in total. The molecular weight excluding hydrogens is 690 g/mol. The van der Waals surface area contributed by atoms with E-state index in [1.165, 1.54) is 14.2 Å². The minimum atomic E-state index is -1.14. The molecule has 1 aliphatic rings. The number of aliphatic carboxylic acids is 1. The Morgan fingerprint density at radius 1 is 0.944 bits per heavy atom. The summed E-state index contributed by atoms with van der Waals surface area (Å²) in [5, 5.41) is 18.5. The van der Waals surface area contributed by atoms with E-state index in [0.717, 1.165) is 11.3 Å². The van der Waals surface area contributed by atoms with Crippen LogP contribution in [0.2, 0.25) is 0 Å². The number of carboxylic acids is 1. The third-order valence-corrected chi connectivity index (χ3v) is 10.8. The van der Waals surface area contributed by atoms with E-state index in [0.29, 0.717) is 31.4 Å². The number of carbonyl (C=O) groups is 5. The standard InChI is InChI=1S/C41H61N5O8/c1-10-26(4)36(45(7)40(50)35(25(2)3)44-39(49)29-18-20-30(42-6)21-19-29)33(53-8)24-34(47)46-22-14-17-32(46)37(54-9)27(5)38(48)43-31(41(51)52)23-28-15-12-11-13-16-28/h11-13,15-16,18-21,25-27,31-33,35-37,42H,10,14,17,22-24H2,1-9H3,(H,43,48)(H,44,49)(H,51,52)/t26-,27+,31-,32-,33+,35-,36-,37+/m0/s1. The molecule has 0 radical (unpaired) electrons. The third kappa shape index (κ3) is 11.3. The largest absolute Gasteiger partial charge is 0.480 e. The number of likely N-dealkylation sites (N-methyl/N-ethyl adjacent to an activating group) is 1. The van der Waals surface area contributed by atoms with Crippen molar-refractivity contribution in [3.05, 3.63) is 65.7 Å². The van der Waals surface area contributed by atoms with Gasteiger partial charge in [-0.3, -0.25) is 19.2 Å². The molecule has 2 aromatic rings. The lowest BCUT2D eigenvalue weighted by Gasteiger charge is -2.40. The Kier molecular flexibility index (Phi) is 16.9. The number of nitrogens with zero attached hydrogens (tertiary/aromatic N) is 2. The average molecular weight is 752 g/mol. The molecule has 0 bridgehead atoms. The van der Waals surface area contributed by atoms with Crippen molar-refractivity contribution in [3.8, 4) is 0 Å². The first-order valence-corrected chi connectivity index (χ1v) is 19.0. The van der Waals surface area contributed by atoms with Gasteiger partial charge in [0.05, 0.1) is 36.6 Å². The van der Waals surface area contributed by atoms with Gasteiger partial charge in [-0.25, -0.2) is 4.79 Å². The van der Waals surface area contributed by atoms with Crippen LogP contribution in [0.1, 0.15) is 76.2 Å². The van der Waals surface area contributed by atoms with Crippen LogP contribution in [-0.4, -0.2) is 116 Å². The maximum atomic E-state index is 14.2. The zero-order valence-electron chi connectivity index (χ0n) is 33.3. The van der Waals surface area contributed by atoms with E-state index in [1.807, 2.05) is 58.0 Å². The Morgan fingerprint density at radius 3 is 2.13 bits per heavy atom. The highest BCUT2D eigenvalue weighted by Gasteiger charge is 2.43. The maximum Gasteiger partial charge on any atom is 0.326 e.